The van der Waals surface area contributed by atoms with Crippen LogP contribution in [0, 0.1) is 5.82 Å². The number of carbonyl (C=O) groups excluding carboxylic acids is 1. The number of phenolic OH excluding ortho intramolecular Hbond substituents is 1. The molecule has 2 heterocycles. The summed E-state index contributed by atoms with van der Waals surface area (Å²) < 4.78 is 24.5. The summed E-state index contributed by atoms with van der Waals surface area (Å²) in [4.78, 5) is 15.2. The highest BCUT2D eigenvalue weighted by atomic mass is 19.1. The number of H-pyrrole nitrogens is 1. The normalized spacial score (nSPS) is 14.8. The van der Waals surface area contributed by atoms with E-state index in [1.165, 1.54) is 12.1 Å². The van der Waals surface area contributed by atoms with Crippen LogP contribution in [-0.2, 0) is 6.42 Å². The molecule has 0 fully saturated rings. The smallest absolute Gasteiger partial charge is 0.273 e. The zero-order valence-corrected chi connectivity index (χ0v) is 19.3. The number of halogens is 1. The van der Waals surface area contributed by atoms with Gasteiger partial charge in [0.15, 0.2) is 11.5 Å². The number of nitrogens with one attached hydrogen (secondary N) is 1. The predicted octanol–water partition coefficient (Wildman–Crippen LogP) is 4.73. The van der Waals surface area contributed by atoms with Crippen molar-refractivity contribution in [3.8, 4) is 28.5 Å². The number of ether oxygens (including phenoxy) is 2. The number of amides is 1. The lowest BCUT2D eigenvalue weighted by atomic mass is 9.95. The second-order valence-corrected chi connectivity index (χ2v) is 8.27. The number of hydrogen-bond acceptors (Lipinski definition) is 5. The first kappa shape index (κ1) is 22.5. The van der Waals surface area contributed by atoms with Crippen molar-refractivity contribution < 1.29 is 23.8 Å². The second kappa shape index (κ2) is 9.13. The third kappa shape index (κ3) is 3.97. The van der Waals surface area contributed by atoms with Crippen molar-refractivity contribution in [2.45, 2.75) is 12.5 Å². The molecule has 178 valence electrons. The molecule has 1 atom stereocenters. The minimum atomic E-state index is -0.494. The summed E-state index contributed by atoms with van der Waals surface area (Å²) in [6.45, 7) is 0.402. The topological polar surface area (TPSA) is 87.7 Å². The Kier molecular flexibility index (Phi) is 5.86. The first-order chi connectivity index (χ1) is 17.0. The molecule has 1 aliphatic heterocycles. The molecule has 7 nitrogen and oxygen atoms in total. The highest BCUT2D eigenvalue weighted by Crippen LogP contribution is 2.44. The van der Waals surface area contributed by atoms with Crippen LogP contribution in [0.4, 0.5) is 4.39 Å². The van der Waals surface area contributed by atoms with Crippen molar-refractivity contribution in [2.75, 3.05) is 20.8 Å². The number of aromatic hydroxyl groups is 1. The molecule has 0 saturated heterocycles. The van der Waals surface area contributed by atoms with Crippen molar-refractivity contribution in [2.24, 2.45) is 0 Å². The molecule has 1 aromatic heterocycles. The van der Waals surface area contributed by atoms with Crippen LogP contribution in [0.3, 0.4) is 0 Å². The number of methoxy groups -OCH3 is 2. The summed E-state index contributed by atoms with van der Waals surface area (Å²) in [5.41, 5.74) is 3.77. The van der Waals surface area contributed by atoms with Gasteiger partial charge in [-0.05, 0) is 53.9 Å². The Labute approximate surface area is 201 Å². The zero-order chi connectivity index (χ0) is 24.5. The number of rotatable bonds is 7. The Hall–Kier alpha value is -4.33. The van der Waals surface area contributed by atoms with Crippen LogP contribution < -0.4 is 9.47 Å². The van der Waals surface area contributed by atoms with E-state index in [1.807, 2.05) is 18.2 Å². The quantitative estimate of drug-likeness (QED) is 0.405. The van der Waals surface area contributed by atoms with Crippen LogP contribution >= 0.6 is 0 Å². The number of benzene rings is 3. The van der Waals surface area contributed by atoms with Crippen LogP contribution in [0.2, 0.25) is 0 Å². The fourth-order valence-corrected chi connectivity index (χ4v) is 4.58. The molecule has 1 aliphatic rings. The molecule has 8 heteroatoms. The van der Waals surface area contributed by atoms with E-state index in [-0.39, 0.29) is 17.5 Å². The van der Waals surface area contributed by atoms with Crippen LogP contribution in [0.1, 0.15) is 33.2 Å². The number of hydrogen-bond donors (Lipinski definition) is 2. The molecule has 1 amide bonds. The third-order valence-corrected chi connectivity index (χ3v) is 6.30. The molecular formula is C27H24FN3O4. The summed E-state index contributed by atoms with van der Waals surface area (Å²) in [6, 6.07) is 18.1. The van der Waals surface area contributed by atoms with Crippen LogP contribution in [-0.4, -0.2) is 46.9 Å². The van der Waals surface area contributed by atoms with Gasteiger partial charge in [0.25, 0.3) is 5.91 Å². The van der Waals surface area contributed by atoms with Gasteiger partial charge < -0.3 is 19.5 Å². The maximum Gasteiger partial charge on any atom is 0.273 e. The first-order valence-corrected chi connectivity index (χ1v) is 11.2. The largest absolute Gasteiger partial charge is 0.507 e. The number of fused-ring (bicyclic) bond motifs is 1. The highest BCUT2D eigenvalue weighted by molar-refractivity contribution is 6.00. The minimum Gasteiger partial charge on any atom is -0.507 e. The fraction of sp³-hybridized carbons (Fsp3) is 0.185. The average Bonchev–Trinajstić information content (AvgIpc) is 3.42. The van der Waals surface area contributed by atoms with E-state index in [4.69, 9.17) is 9.47 Å². The fourth-order valence-electron chi connectivity index (χ4n) is 4.58. The lowest BCUT2D eigenvalue weighted by Gasteiger charge is -2.26. The van der Waals surface area contributed by atoms with E-state index in [0.717, 1.165) is 11.1 Å². The van der Waals surface area contributed by atoms with Gasteiger partial charge in [0.05, 0.1) is 20.3 Å². The summed E-state index contributed by atoms with van der Waals surface area (Å²) in [7, 11) is 3.16. The predicted molar refractivity (Wildman–Crippen MR) is 128 cm³/mol. The molecule has 0 aliphatic carbocycles. The Balaban J connectivity index is 1.54. The molecule has 5 rings (SSSR count). The lowest BCUT2D eigenvalue weighted by molar-refractivity contribution is 0.0746. The third-order valence-electron chi connectivity index (χ3n) is 6.30. The minimum absolute atomic E-state index is 0.0656. The van der Waals surface area contributed by atoms with Gasteiger partial charge in [-0.25, -0.2) is 4.39 Å². The van der Waals surface area contributed by atoms with Crippen LogP contribution in [0.15, 0.2) is 66.7 Å². The SMILES string of the molecule is COc1ccc(CCN2C(=O)c3[nH]nc(-c4ccccc4O)c3C2c2ccc(F)cc2)cc1OC. The highest BCUT2D eigenvalue weighted by Gasteiger charge is 2.42. The van der Waals surface area contributed by atoms with E-state index in [1.54, 1.807) is 55.5 Å². The molecule has 4 aromatic rings. The van der Waals surface area contributed by atoms with E-state index < -0.39 is 6.04 Å². The molecule has 2 N–H and O–H groups in total. The van der Waals surface area contributed by atoms with Crippen molar-refractivity contribution in [3.63, 3.8) is 0 Å². The van der Waals surface area contributed by atoms with E-state index in [0.29, 0.717) is 47.0 Å². The van der Waals surface area contributed by atoms with Crippen molar-refractivity contribution in [1.82, 2.24) is 15.1 Å². The number of para-hydroxylation sites is 1. The number of aromatic amines is 1. The molecule has 35 heavy (non-hydrogen) atoms. The molecule has 3 aromatic carbocycles. The van der Waals surface area contributed by atoms with Gasteiger partial charge in [-0.1, -0.05) is 30.3 Å². The Bertz CT molecular complexity index is 1380. The molecule has 0 radical (unpaired) electrons. The summed E-state index contributed by atoms with van der Waals surface area (Å²) >= 11 is 0. The monoisotopic (exact) mass is 473 g/mol. The van der Waals surface area contributed by atoms with E-state index >= 15 is 0 Å². The van der Waals surface area contributed by atoms with Crippen LogP contribution in [0.25, 0.3) is 11.3 Å². The van der Waals surface area contributed by atoms with Crippen molar-refractivity contribution >= 4 is 5.91 Å². The Morgan fingerprint density at radius 1 is 1.03 bits per heavy atom. The van der Waals surface area contributed by atoms with Crippen LogP contribution in [0.5, 0.6) is 17.2 Å². The van der Waals surface area contributed by atoms with Gasteiger partial charge in [-0.3, -0.25) is 9.89 Å². The van der Waals surface area contributed by atoms with Gasteiger partial charge in [-0.15, -0.1) is 0 Å². The molecule has 0 spiro atoms. The van der Waals surface area contributed by atoms with Gasteiger partial charge in [-0.2, -0.15) is 5.10 Å². The van der Waals surface area contributed by atoms with E-state index in [2.05, 4.69) is 10.2 Å². The standard InChI is InChI=1S/C27H24FN3O4/c1-34-21-12-7-16(15-22(21)35-2)13-14-31-26(17-8-10-18(28)11-9-17)23-24(29-30-25(23)27(31)33)19-5-3-4-6-20(19)32/h3-12,15,26,32H,13-14H2,1-2H3,(H,29,30). The molecule has 1 unspecified atom stereocenters. The molecular weight excluding hydrogens is 449 g/mol. The maximum absolute atomic E-state index is 13.7. The molecule has 0 saturated carbocycles. The van der Waals surface area contributed by atoms with E-state index in [9.17, 15) is 14.3 Å². The van der Waals surface area contributed by atoms with Gasteiger partial charge in [0.1, 0.15) is 23.0 Å². The maximum atomic E-state index is 13.7. The summed E-state index contributed by atoms with van der Waals surface area (Å²) in [5, 5.41) is 17.7. The van der Waals surface area contributed by atoms with Gasteiger partial charge in [0, 0.05) is 17.7 Å². The summed E-state index contributed by atoms with van der Waals surface area (Å²) in [5.74, 6) is 0.748. The summed E-state index contributed by atoms with van der Waals surface area (Å²) in [6.07, 6.45) is 0.563. The Morgan fingerprint density at radius 3 is 2.49 bits per heavy atom. The number of nitrogens with zero attached hydrogens (tertiary/aromatic N) is 2. The van der Waals surface area contributed by atoms with Crippen molar-refractivity contribution in [1.29, 1.82) is 0 Å². The van der Waals surface area contributed by atoms with Gasteiger partial charge in [0.2, 0.25) is 0 Å². The van der Waals surface area contributed by atoms with Gasteiger partial charge >= 0.3 is 0 Å². The average molecular weight is 474 g/mol. The lowest BCUT2D eigenvalue weighted by Crippen LogP contribution is -2.31. The second-order valence-electron chi connectivity index (χ2n) is 8.27. The molecule has 0 bridgehead atoms. The first-order valence-electron chi connectivity index (χ1n) is 11.2. The Morgan fingerprint density at radius 2 is 1.77 bits per heavy atom. The number of aromatic nitrogens is 2. The van der Waals surface area contributed by atoms with Crippen molar-refractivity contribution in [3.05, 3.63) is 94.9 Å². The number of phenols is 1. The number of carbonyl (C=O) groups is 1. The zero-order valence-electron chi connectivity index (χ0n) is 19.3.